The second-order valence-corrected chi connectivity index (χ2v) is 6.12. The number of aliphatic carboxylic acids is 1. The Hall–Kier alpha value is -2.09. The fourth-order valence-electron chi connectivity index (χ4n) is 1.63. The molecule has 110 valence electrons. The van der Waals surface area contributed by atoms with Crippen LogP contribution in [0.25, 0.3) is 0 Å². The van der Waals surface area contributed by atoms with Gasteiger partial charge in [0.2, 0.25) is 10.0 Å². The van der Waals surface area contributed by atoms with E-state index < -0.39 is 28.4 Å². The van der Waals surface area contributed by atoms with E-state index in [0.717, 1.165) is 4.31 Å². The minimum Gasteiger partial charge on any atom is -0.481 e. The first-order valence-electron chi connectivity index (χ1n) is 5.84. The van der Waals surface area contributed by atoms with Crippen LogP contribution in [0.15, 0.2) is 24.3 Å². The highest BCUT2D eigenvalue weighted by Crippen LogP contribution is 2.24. The van der Waals surface area contributed by atoms with E-state index in [1.54, 1.807) is 0 Å². The average molecular weight is 301 g/mol. The van der Waals surface area contributed by atoms with E-state index in [9.17, 15) is 18.0 Å². The van der Waals surface area contributed by atoms with Crippen LogP contribution >= 0.6 is 0 Å². The molecule has 8 heteroatoms. The lowest BCUT2D eigenvalue weighted by atomic mass is 10.2. The van der Waals surface area contributed by atoms with Crippen molar-refractivity contribution in [3.05, 3.63) is 29.8 Å². The summed E-state index contributed by atoms with van der Waals surface area (Å²) < 4.78 is 24.9. The fraction of sp³-hybridized carbons (Fsp3) is 0.333. The zero-order chi connectivity index (χ0) is 15.3. The van der Waals surface area contributed by atoms with Gasteiger partial charge in [0, 0.05) is 6.54 Å². The quantitative estimate of drug-likeness (QED) is 0.777. The monoisotopic (exact) mass is 301 g/mol. The summed E-state index contributed by atoms with van der Waals surface area (Å²) in [6.07, 6.45) is -0.410. The standard InChI is InChI=1S/C12H15NO6S/c1-2-20(18,19)13(8-7-11(14)15)10-6-4-3-5-9(10)12(16)17/h3-6H,2,7-8H2,1H3,(H,14,15)(H,16,17). The van der Waals surface area contributed by atoms with Crippen molar-refractivity contribution in [3.8, 4) is 0 Å². The number of carboxylic acid groups (broad SMARTS) is 2. The molecule has 0 saturated carbocycles. The van der Waals surface area contributed by atoms with Gasteiger partial charge in [-0.1, -0.05) is 12.1 Å². The number of hydrogen-bond acceptors (Lipinski definition) is 4. The van der Waals surface area contributed by atoms with Gasteiger partial charge in [-0.2, -0.15) is 0 Å². The summed E-state index contributed by atoms with van der Waals surface area (Å²) in [5.74, 6) is -2.68. The van der Waals surface area contributed by atoms with Crippen molar-refractivity contribution in [2.75, 3.05) is 16.6 Å². The summed E-state index contributed by atoms with van der Waals surface area (Å²) in [4.78, 5) is 21.8. The molecule has 1 rings (SSSR count). The number of anilines is 1. The summed E-state index contributed by atoms with van der Waals surface area (Å²) in [7, 11) is -3.76. The molecule has 0 aliphatic carbocycles. The molecular weight excluding hydrogens is 286 g/mol. The molecule has 0 aliphatic rings. The SMILES string of the molecule is CCS(=O)(=O)N(CCC(=O)O)c1ccccc1C(=O)O. The number of rotatable bonds is 7. The average Bonchev–Trinajstić information content (AvgIpc) is 2.38. The minimum absolute atomic E-state index is 0.0249. The van der Waals surface area contributed by atoms with E-state index in [-0.39, 0.29) is 23.5 Å². The van der Waals surface area contributed by atoms with Crippen LogP contribution in [0.3, 0.4) is 0 Å². The van der Waals surface area contributed by atoms with Crippen molar-refractivity contribution in [2.24, 2.45) is 0 Å². The van der Waals surface area contributed by atoms with Gasteiger partial charge in [-0.05, 0) is 19.1 Å². The molecule has 0 fully saturated rings. The van der Waals surface area contributed by atoms with Gasteiger partial charge < -0.3 is 10.2 Å². The molecule has 0 bridgehead atoms. The van der Waals surface area contributed by atoms with Crippen molar-refractivity contribution >= 4 is 27.6 Å². The Balaban J connectivity index is 3.31. The van der Waals surface area contributed by atoms with Gasteiger partial charge in [0.1, 0.15) is 0 Å². The number of hydrogen-bond donors (Lipinski definition) is 2. The Morgan fingerprint density at radius 2 is 1.80 bits per heavy atom. The third-order valence-corrected chi connectivity index (χ3v) is 4.41. The molecule has 20 heavy (non-hydrogen) atoms. The maximum Gasteiger partial charge on any atom is 0.337 e. The summed E-state index contributed by atoms with van der Waals surface area (Å²) in [6.45, 7) is 1.10. The molecule has 0 saturated heterocycles. The van der Waals surface area contributed by atoms with Crippen LogP contribution in [0.4, 0.5) is 5.69 Å². The topological polar surface area (TPSA) is 112 Å². The number of nitrogens with zero attached hydrogens (tertiary/aromatic N) is 1. The van der Waals surface area contributed by atoms with Crippen LogP contribution in [0.1, 0.15) is 23.7 Å². The maximum atomic E-state index is 12.0. The van der Waals surface area contributed by atoms with Gasteiger partial charge >= 0.3 is 11.9 Å². The van der Waals surface area contributed by atoms with E-state index >= 15 is 0 Å². The molecule has 2 N–H and O–H groups in total. The van der Waals surface area contributed by atoms with Crippen molar-refractivity contribution < 1.29 is 28.2 Å². The van der Waals surface area contributed by atoms with Gasteiger partial charge in [0.15, 0.2) is 0 Å². The van der Waals surface area contributed by atoms with Crippen molar-refractivity contribution in [1.82, 2.24) is 0 Å². The number of para-hydroxylation sites is 1. The second-order valence-electron chi connectivity index (χ2n) is 3.94. The predicted molar refractivity (Wildman–Crippen MR) is 72.5 cm³/mol. The van der Waals surface area contributed by atoms with Crippen molar-refractivity contribution in [1.29, 1.82) is 0 Å². The number of aromatic carboxylic acids is 1. The van der Waals surface area contributed by atoms with Crippen LogP contribution in [0, 0.1) is 0 Å². The van der Waals surface area contributed by atoms with Crippen molar-refractivity contribution in [3.63, 3.8) is 0 Å². The van der Waals surface area contributed by atoms with Crippen LogP contribution in [-0.4, -0.2) is 42.9 Å². The Morgan fingerprint density at radius 3 is 2.30 bits per heavy atom. The Labute approximate surface area is 116 Å². The smallest absolute Gasteiger partial charge is 0.337 e. The number of carbonyl (C=O) groups is 2. The normalized spacial score (nSPS) is 11.1. The van der Waals surface area contributed by atoms with Crippen LogP contribution < -0.4 is 4.31 Å². The molecule has 0 atom stereocenters. The maximum absolute atomic E-state index is 12.0. The van der Waals surface area contributed by atoms with E-state index in [4.69, 9.17) is 10.2 Å². The highest BCUT2D eigenvalue weighted by Gasteiger charge is 2.25. The Bertz CT molecular complexity index is 610. The lowest BCUT2D eigenvalue weighted by Gasteiger charge is -2.24. The lowest BCUT2D eigenvalue weighted by Crippen LogP contribution is -2.35. The Morgan fingerprint density at radius 1 is 1.20 bits per heavy atom. The van der Waals surface area contributed by atoms with E-state index in [2.05, 4.69) is 0 Å². The van der Waals surface area contributed by atoms with Gasteiger partial charge in [-0.3, -0.25) is 9.10 Å². The molecule has 0 heterocycles. The largest absolute Gasteiger partial charge is 0.481 e. The molecule has 0 unspecified atom stereocenters. The zero-order valence-electron chi connectivity index (χ0n) is 10.8. The summed E-state index contributed by atoms with van der Waals surface area (Å²) in [6, 6.07) is 5.59. The molecule has 0 radical (unpaired) electrons. The number of sulfonamides is 1. The number of benzene rings is 1. The Kier molecular flexibility index (Phi) is 5.09. The van der Waals surface area contributed by atoms with E-state index in [0.29, 0.717) is 0 Å². The van der Waals surface area contributed by atoms with Crippen LogP contribution in [0.2, 0.25) is 0 Å². The minimum atomic E-state index is -3.76. The molecule has 0 spiro atoms. The molecule has 0 aromatic heterocycles. The van der Waals surface area contributed by atoms with E-state index in [1.165, 1.54) is 31.2 Å². The third kappa shape index (κ3) is 3.70. The predicted octanol–water partition coefficient (Wildman–Crippen LogP) is 1.02. The second kappa shape index (κ2) is 6.38. The highest BCUT2D eigenvalue weighted by atomic mass is 32.2. The summed E-state index contributed by atoms with van der Waals surface area (Å²) in [5, 5.41) is 17.8. The van der Waals surface area contributed by atoms with Gasteiger partial charge in [0.05, 0.1) is 23.4 Å². The molecule has 7 nitrogen and oxygen atoms in total. The third-order valence-electron chi connectivity index (χ3n) is 2.63. The fourth-order valence-corrected chi connectivity index (χ4v) is 2.77. The van der Waals surface area contributed by atoms with Gasteiger partial charge in [0.25, 0.3) is 0 Å². The first-order chi connectivity index (χ1) is 9.29. The summed E-state index contributed by atoms with van der Waals surface area (Å²) >= 11 is 0. The van der Waals surface area contributed by atoms with Gasteiger partial charge in [-0.25, -0.2) is 13.2 Å². The van der Waals surface area contributed by atoms with Crippen LogP contribution in [-0.2, 0) is 14.8 Å². The highest BCUT2D eigenvalue weighted by molar-refractivity contribution is 7.92. The molecule has 1 aromatic rings. The van der Waals surface area contributed by atoms with E-state index in [1.807, 2.05) is 0 Å². The first kappa shape index (κ1) is 16.0. The van der Waals surface area contributed by atoms with Gasteiger partial charge in [-0.15, -0.1) is 0 Å². The molecule has 1 aromatic carbocycles. The molecule has 0 amide bonds. The lowest BCUT2D eigenvalue weighted by molar-refractivity contribution is -0.136. The molecule has 0 aliphatic heterocycles. The molecular formula is C12H15NO6S. The zero-order valence-corrected chi connectivity index (χ0v) is 11.6. The van der Waals surface area contributed by atoms with Crippen LogP contribution in [0.5, 0.6) is 0 Å². The van der Waals surface area contributed by atoms with Crippen molar-refractivity contribution in [2.45, 2.75) is 13.3 Å². The number of carboxylic acids is 2. The first-order valence-corrected chi connectivity index (χ1v) is 7.45. The summed E-state index contributed by atoms with van der Waals surface area (Å²) in [5.41, 5.74) is -0.210.